The molecule has 1 aliphatic carbocycles. The third-order valence-electron chi connectivity index (χ3n) is 5.70. The van der Waals surface area contributed by atoms with Crippen LogP contribution in [0.4, 0.5) is 0 Å². The van der Waals surface area contributed by atoms with Gasteiger partial charge in [-0.2, -0.15) is 0 Å². The van der Waals surface area contributed by atoms with Crippen LogP contribution < -0.4 is 0 Å². The van der Waals surface area contributed by atoms with Gasteiger partial charge in [-0.1, -0.05) is 91.0 Å². The van der Waals surface area contributed by atoms with Gasteiger partial charge < -0.3 is 9.67 Å². The van der Waals surface area contributed by atoms with Crippen LogP contribution in [0.1, 0.15) is 34.7 Å². The van der Waals surface area contributed by atoms with Gasteiger partial charge in [0.2, 0.25) is 0 Å². The molecule has 138 valence electrons. The summed E-state index contributed by atoms with van der Waals surface area (Å²) in [5.74, 6) is 0.154. The van der Waals surface area contributed by atoms with Crippen LogP contribution in [0.3, 0.4) is 0 Å². The van der Waals surface area contributed by atoms with Crippen molar-refractivity contribution in [3.63, 3.8) is 0 Å². The lowest BCUT2D eigenvalue weighted by Gasteiger charge is -2.37. The molecule has 1 saturated carbocycles. The zero-order chi connectivity index (χ0) is 19.0. The molecule has 1 N–H and O–H groups in total. The predicted octanol–water partition coefficient (Wildman–Crippen LogP) is 4.57. The minimum absolute atomic E-state index is 0.154. The number of aliphatic hydroxyl groups excluding tert-OH is 1. The van der Waals surface area contributed by atoms with Gasteiger partial charge in [0, 0.05) is 12.1 Å². The summed E-state index contributed by atoms with van der Waals surface area (Å²) in [5, 5.41) is 9.89. The van der Waals surface area contributed by atoms with Crippen molar-refractivity contribution in [3.8, 4) is 0 Å². The van der Waals surface area contributed by atoms with Crippen LogP contribution in [0.15, 0.2) is 104 Å². The van der Waals surface area contributed by atoms with E-state index in [1.54, 1.807) is 0 Å². The van der Waals surface area contributed by atoms with E-state index in [0.29, 0.717) is 0 Å². The van der Waals surface area contributed by atoms with Gasteiger partial charge in [0.25, 0.3) is 0 Å². The summed E-state index contributed by atoms with van der Waals surface area (Å²) < 4.78 is 2.20. The summed E-state index contributed by atoms with van der Waals surface area (Å²) in [4.78, 5) is 4.67. The molecule has 3 heteroatoms. The Hall–Kier alpha value is -3.17. The van der Waals surface area contributed by atoms with E-state index in [9.17, 15) is 5.11 Å². The summed E-state index contributed by atoms with van der Waals surface area (Å²) >= 11 is 0. The van der Waals surface area contributed by atoms with Crippen molar-refractivity contribution in [2.45, 2.75) is 24.0 Å². The molecule has 5 rings (SSSR count). The lowest BCUT2D eigenvalue weighted by atomic mass is 9.77. The number of benzene rings is 3. The first-order valence-corrected chi connectivity index (χ1v) is 9.69. The van der Waals surface area contributed by atoms with Gasteiger partial charge in [0.1, 0.15) is 5.54 Å². The van der Waals surface area contributed by atoms with Crippen LogP contribution in [-0.4, -0.2) is 20.8 Å². The van der Waals surface area contributed by atoms with Crippen molar-refractivity contribution < 1.29 is 5.11 Å². The molecular formula is C25H22N2O. The highest BCUT2D eigenvalue weighted by Gasteiger charge is 2.42. The molecule has 28 heavy (non-hydrogen) atoms. The monoisotopic (exact) mass is 366 g/mol. The van der Waals surface area contributed by atoms with E-state index >= 15 is 0 Å². The Balaban J connectivity index is 1.81. The molecule has 4 aromatic rings. The lowest BCUT2D eigenvalue weighted by molar-refractivity contribution is 0.271. The van der Waals surface area contributed by atoms with E-state index in [-0.39, 0.29) is 12.0 Å². The second-order valence-electron chi connectivity index (χ2n) is 7.42. The van der Waals surface area contributed by atoms with Gasteiger partial charge in [-0.05, 0) is 23.1 Å². The van der Waals surface area contributed by atoms with E-state index in [2.05, 4.69) is 88.5 Å². The van der Waals surface area contributed by atoms with E-state index in [1.807, 2.05) is 24.5 Å². The number of aromatic nitrogens is 2. The SMILES string of the molecule is O[C@@H]1C[C@@H]1c1cn(C(c2ccccc2)(c2ccccc2)c2ccccc2)cn1. The van der Waals surface area contributed by atoms with Crippen molar-refractivity contribution in [2.75, 3.05) is 0 Å². The molecule has 1 fully saturated rings. The third-order valence-corrected chi connectivity index (χ3v) is 5.70. The highest BCUT2D eigenvalue weighted by molar-refractivity contribution is 5.50. The molecule has 0 radical (unpaired) electrons. The summed E-state index contributed by atoms with van der Waals surface area (Å²) in [6.45, 7) is 0. The van der Waals surface area contributed by atoms with Crippen LogP contribution >= 0.6 is 0 Å². The highest BCUT2D eigenvalue weighted by atomic mass is 16.3. The van der Waals surface area contributed by atoms with Crippen LogP contribution in [0.25, 0.3) is 0 Å². The molecular weight excluding hydrogens is 344 g/mol. The zero-order valence-corrected chi connectivity index (χ0v) is 15.5. The molecule has 1 heterocycles. The Morgan fingerprint density at radius 1 is 0.750 bits per heavy atom. The predicted molar refractivity (Wildman–Crippen MR) is 110 cm³/mol. The fourth-order valence-corrected chi connectivity index (χ4v) is 4.20. The van der Waals surface area contributed by atoms with Crippen LogP contribution in [0.2, 0.25) is 0 Å². The van der Waals surface area contributed by atoms with Gasteiger partial charge in [0.05, 0.1) is 18.1 Å². The Morgan fingerprint density at radius 3 is 1.57 bits per heavy atom. The zero-order valence-electron chi connectivity index (χ0n) is 15.5. The van der Waals surface area contributed by atoms with Crippen LogP contribution in [0, 0.1) is 0 Å². The van der Waals surface area contributed by atoms with Crippen molar-refractivity contribution in [1.29, 1.82) is 0 Å². The summed E-state index contributed by atoms with van der Waals surface area (Å²) in [6.07, 6.45) is 4.55. The minimum atomic E-state index is -0.533. The highest BCUT2D eigenvalue weighted by Crippen LogP contribution is 2.44. The number of nitrogens with zero attached hydrogens (tertiary/aromatic N) is 2. The van der Waals surface area contributed by atoms with Gasteiger partial charge in [-0.3, -0.25) is 0 Å². The van der Waals surface area contributed by atoms with Crippen molar-refractivity contribution in [2.24, 2.45) is 0 Å². The van der Waals surface area contributed by atoms with Crippen molar-refractivity contribution in [3.05, 3.63) is 126 Å². The van der Waals surface area contributed by atoms with Gasteiger partial charge in [-0.25, -0.2) is 4.98 Å². The normalized spacial score (nSPS) is 18.8. The maximum absolute atomic E-state index is 9.89. The molecule has 0 unspecified atom stereocenters. The fraction of sp³-hybridized carbons (Fsp3) is 0.160. The van der Waals surface area contributed by atoms with Gasteiger partial charge in [-0.15, -0.1) is 0 Å². The van der Waals surface area contributed by atoms with Gasteiger partial charge in [0.15, 0.2) is 0 Å². The molecule has 0 saturated heterocycles. The first-order valence-electron chi connectivity index (χ1n) is 9.69. The Morgan fingerprint density at radius 2 is 1.18 bits per heavy atom. The van der Waals surface area contributed by atoms with Crippen molar-refractivity contribution >= 4 is 0 Å². The van der Waals surface area contributed by atoms with E-state index in [0.717, 1.165) is 12.1 Å². The number of hydrogen-bond acceptors (Lipinski definition) is 2. The average molecular weight is 366 g/mol. The summed E-state index contributed by atoms with van der Waals surface area (Å²) in [7, 11) is 0. The number of rotatable bonds is 5. The Kier molecular flexibility index (Phi) is 4.10. The molecule has 0 bridgehead atoms. The molecule has 1 aliphatic rings. The maximum atomic E-state index is 9.89. The summed E-state index contributed by atoms with van der Waals surface area (Å²) in [5.41, 5.74) is 3.95. The average Bonchev–Trinajstić information content (AvgIpc) is 3.29. The third kappa shape index (κ3) is 2.67. The molecule has 3 nitrogen and oxygen atoms in total. The smallest absolute Gasteiger partial charge is 0.121 e. The molecule has 0 aliphatic heterocycles. The van der Waals surface area contributed by atoms with E-state index in [1.165, 1.54) is 16.7 Å². The quantitative estimate of drug-likeness (QED) is 0.525. The number of hydrogen-bond donors (Lipinski definition) is 1. The topological polar surface area (TPSA) is 38.0 Å². The van der Waals surface area contributed by atoms with Crippen molar-refractivity contribution in [1.82, 2.24) is 9.55 Å². The fourth-order valence-electron chi connectivity index (χ4n) is 4.20. The Labute approximate surface area is 164 Å². The molecule has 0 amide bonds. The van der Waals surface area contributed by atoms with Gasteiger partial charge >= 0.3 is 0 Å². The molecule has 3 aromatic carbocycles. The molecule has 2 atom stereocenters. The molecule has 0 spiro atoms. The molecule has 1 aromatic heterocycles. The lowest BCUT2D eigenvalue weighted by Crippen LogP contribution is -2.36. The van der Waals surface area contributed by atoms with Crippen LogP contribution in [-0.2, 0) is 5.54 Å². The maximum Gasteiger partial charge on any atom is 0.121 e. The van der Waals surface area contributed by atoms with E-state index < -0.39 is 5.54 Å². The second-order valence-corrected chi connectivity index (χ2v) is 7.42. The minimum Gasteiger partial charge on any atom is -0.392 e. The van der Waals surface area contributed by atoms with Crippen LogP contribution in [0.5, 0.6) is 0 Å². The standard InChI is InChI=1S/C25H22N2O/c28-24-16-22(24)23-17-27(18-26-23)25(19-10-4-1-5-11-19,20-12-6-2-7-13-20)21-14-8-3-9-15-21/h1-15,17-18,22,24,28H,16H2/t22-,24-/m1/s1. The second kappa shape index (κ2) is 6.77. The van der Waals surface area contributed by atoms with E-state index in [4.69, 9.17) is 0 Å². The number of imidazole rings is 1. The number of aliphatic hydroxyl groups is 1. The summed E-state index contributed by atoms with van der Waals surface area (Å²) in [6, 6.07) is 31.7. The first-order chi connectivity index (χ1) is 13.8. The largest absolute Gasteiger partial charge is 0.392 e. The Bertz CT molecular complexity index is 961. The first kappa shape index (κ1) is 17.0.